The SMILES string of the molecule is CCCCCCC/C=C\C/C=C\C/C=C\CCCCCCCCCCCCCCCCCCCCCCCCCCC(=O)NC(CO)C(O)/C=C/CC/C=C/CCCCCCCCCCCCCCCC. The van der Waals surface area contributed by atoms with E-state index >= 15 is 0 Å². The number of unbranched alkanes of at least 4 members (excludes halogenated alkanes) is 44. The molecule has 1 amide bonds. The van der Waals surface area contributed by atoms with Gasteiger partial charge in [0.2, 0.25) is 5.91 Å². The van der Waals surface area contributed by atoms with E-state index in [1.165, 1.54) is 276 Å². The number of carbonyl (C=O) groups excluding carboxylic acids is 1. The molecule has 4 nitrogen and oxygen atoms in total. The molecule has 0 aromatic heterocycles. The zero-order chi connectivity index (χ0) is 51.3. The number of aliphatic hydroxyl groups excluding tert-OH is 2. The zero-order valence-corrected chi connectivity index (χ0v) is 48.0. The average molecular weight is 993 g/mol. The maximum atomic E-state index is 12.5. The Morgan fingerprint density at radius 3 is 0.915 bits per heavy atom. The Hall–Kier alpha value is -1.91. The van der Waals surface area contributed by atoms with Gasteiger partial charge in [-0.05, 0) is 70.6 Å². The molecule has 0 spiro atoms. The maximum absolute atomic E-state index is 12.5. The van der Waals surface area contributed by atoms with E-state index in [2.05, 4.69) is 67.8 Å². The van der Waals surface area contributed by atoms with Gasteiger partial charge in [0.15, 0.2) is 0 Å². The fourth-order valence-corrected chi connectivity index (χ4v) is 9.85. The van der Waals surface area contributed by atoms with Crippen molar-refractivity contribution in [2.45, 2.75) is 353 Å². The summed E-state index contributed by atoms with van der Waals surface area (Å²) >= 11 is 0. The van der Waals surface area contributed by atoms with E-state index in [1.54, 1.807) is 6.08 Å². The highest BCUT2D eigenvalue weighted by Crippen LogP contribution is 2.18. The van der Waals surface area contributed by atoms with Crippen LogP contribution in [0.15, 0.2) is 60.8 Å². The molecule has 2 unspecified atom stereocenters. The smallest absolute Gasteiger partial charge is 0.220 e. The van der Waals surface area contributed by atoms with Crippen LogP contribution in [0.3, 0.4) is 0 Å². The van der Waals surface area contributed by atoms with Crippen LogP contribution in [-0.4, -0.2) is 34.9 Å². The van der Waals surface area contributed by atoms with Crippen LogP contribution in [0.5, 0.6) is 0 Å². The molecule has 2 atom stereocenters. The van der Waals surface area contributed by atoms with Crippen molar-refractivity contribution in [1.29, 1.82) is 0 Å². The summed E-state index contributed by atoms with van der Waals surface area (Å²) in [5.74, 6) is -0.0684. The zero-order valence-electron chi connectivity index (χ0n) is 48.0. The molecule has 0 aliphatic rings. The molecular weight excluding hydrogens is 867 g/mol. The van der Waals surface area contributed by atoms with Crippen molar-refractivity contribution in [3.05, 3.63) is 60.8 Å². The first kappa shape index (κ1) is 69.1. The first-order valence-corrected chi connectivity index (χ1v) is 32.0. The number of nitrogens with one attached hydrogen (secondary N) is 1. The second-order valence-corrected chi connectivity index (χ2v) is 21.8. The van der Waals surface area contributed by atoms with Crippen LogP contribution in [0.4, 0.5) is 0 Å². The van der Waals surface area contributed by atoms with Crippen molar-refractivity contribution in [3.63, 3.8) is 0 Å². The maximum Gasteiger partial charge on any atom is 0.220 e. The van der Waals surface area contributed by atoms with Crippen LogP contribution in [0.1, 0.15) is 341 Å². The first-order valence-electron chi connectivity index (χ1n) is 32.0. The molecule has 0 rings (SSSR count). The molecule has 0 aliphatic heterocycles. The van der Waals surface area contributed by atoms with Crippen LogP contribution in [-0.2, 0) is 4.79 Å². The molecule has 0 fully saturated rings. The Kier molecular flexibility index (Phi) is 60.7. The Balaban J connectivity index is 3.44. The monoisotopic (exact) mass is 992 g/mol. The third-order valence-electron chi connectivity index (χ3n) is 14.7. The van der Waals surface area contributed by atoms with Crippen LogP contribution in [0.25, 0.3) is 0 Å². The van der Waals surface area contributed by atoms with Crippen molar-refractivity contribution in [3.8, 4) is 0 Å². The van der Waals surface area contributed by atoms with Crippen molar-refractivity contribution in [1.82, 2.24) is 5.32 Å². The fraction of sp³-hybridized carbons (Fsp3) is 0.836. The van der Waals surface area contributed by atoms with Gasteiger partial charge in [-0.1, -0.05) is 325 Å². The highest BCUT2D eigenvalue weighted by molar-refractivity contribution is 5.76. The number of amides is 1. The van der Waals surface area contributed by atoms with Crippen LogP contribution >= 0.6 is 0 Å². The standard InChI is InChI=1S/C67H125NO3/c1-3-5-7-9-11-13-15-17-19-21-23-25-26-27-28-29-30-31-32-33-34-35-36-37-38-39-40-41-42-43-45-47-49-51-53-55-57-59-61-63-67(71)68-65(64-69)66(70)62-60-58-56-54-52-50-48-46-44-24-22-20-18-16-14-12-10-8-6-4-2/h15,17,21,23,26-27,52,54,60,62,65-66,69-70H,3-14,16,18-20,22,24-25,28-51,53,55-59,61,63-64H2,1-2H3,(H,68,71)/b17-15-,23-21-,27-26-,54-52+,62-60+. The van der Waals surface area contributed by atoms with Gasteiger partial charge in [0, 0.05) is 6.42 Å². The molecule has 0 aliphatic carbocycles. The Morgan fingerprint density at radius 1 is 0.338 bits per heavy atom. The van der Waals surface area contributed by atoms with E-state index in [9.17, 15) is 15.0 Å². The predicted molar refractivity (Wildman–Crippen MR) is 318 cm³/mol. The van der Waals surface area contributed by atoms with Gasteiger partial charge in [-0.2, -0.15) is 0 Å². The fourth-order valence-electron chi connectivity index (χ4n) is 9.85. The summed E-state index contributed by atoms with van der Waals surface area (Å²) in [6, 6.07) is -0.639. The summed E-state index contributed by atoms with van der Waals surface area (Å²) in [6.45, 7) is 4.31. The van der Waals surface area contributed by atoms with Crippen LogP contribution < -0.4 is 5.32 Å². The number of aliphatic hydroxyl groups is 2. The normalized spacial score (nSPS) is 13.1. The topological polar surface area (TPSA) is 69.6 Å². The van der Waals surface area contributed by atoms with E-state index in [1.807, 2.05) is 6.08 Å². The minimum absolute atomic E-state index is 0.0684. The number of hydrogen-bond donors (Lipinski definition) is 3. The van der Waals surface area contributed by atoms with E-state index in [-0.39, 0.29) is 12.5 Å². The van der Waals surface area contributed by atoms with Gasteiger partial charge in [-0.25, -0.2) is 0 Å². The van der Waals surface area contributed by atoms with Crippen molar-refractivity contribution < 1.29 is 15.0 Å². The van der Waals surface area contributed by atoms with E-state index in [4.69, 9.17) is 0 Å². The molecule has 416 valence electrons. The highest BCUT2D eigenvalue weighted by Gasteiger charge is 2.18. The lowest BCUT2D eigenvalue weighted by atomic mass is 10.0. The molecular formula is C67H125NO3. The first-order chi connectivity index (χ1) is 35.2. The molecule has 0 saturated heterocycles. The molecule has 0 saturated carbocycles. The lowest BCUT2D eigenvalue weighted by Crippen LogP contribution is -2.45. The average Bonchev–Trinajstić information content (AvgIpc) is 3.37. The molecule has 3 N–H and O–H groups in total. The molecule has 4 heteroatoms. The number of allylic oxidation sites excluding steroid dienone is 9. The summed E-state index contributed by atoms with van der Waals surface area (Å²) in [5, 5.41) is 23.2. The van der Waals surface area contributed by atoms with E-state index in [0.29, 0.717) is 6.42 Å². The lowest BCUT2D eigenvalue weighted by Gasteiger charge is -2.19. The predicted octanol–water partition coefficient (Wildman–Crippen LogP) is 21.5. The van der Waals surface area contributed by atoms with Gasteiger partial charge >= 0.3 is 0 Å². The largest absolute Gasteiger partial charge is 0.394 e. The molecule has 0 radical (unpaired) electrons. The number of rotatable bonds is 59. The second kappa shape index (κ2) is 62.4. The van der Waals surface area contributed by atoms with E-state index < -0.39 is 12.1 Å². The molecule has 71 heavy (non-hydrogen) atoms. The van der Waals surface area contributed by atoms with Gasteiger partial charge in [0.25, 0.3) is 0 Å². The lowest BCUT2D eigenvalue weighted by molar-refractivity contribution is -0.123. The van der Waals surface area contributed by atoms with Crippen molar-refractivity contribution in [2.24, 2.45) is 0 Å². The summed E-state index contributed by atoms with van der Waals surface area (Å²) in [4.78, 5) is 12.5. The molecule has 0 heterocycles. The minimum Gasteiger partial charge on any atom is -0.394 e. The quantitative estimate of drug-likeness (QED) is 0.0420. The van der Waals surface area contributed by atoms with Gasteiger partial charge in [-0.3, -0.25) is 4.79 Å². The number of hydrogen-bond acceptors (Lipinski definition) is 3. The Bertz CT molecular complexity index is 1170. The van der Waals surface area contributed by atoms with Gasteiger partial charge in [0.05, 0.1) is 18.8 Å². The second-order valence-electron chi connectivity index (χ2n) is 21.8. The summed E-state index contributed by atoms with van der Waals surface area (Å²) in [7, 11) is 0. The van der Waals surface area contributed by atoms with Gasteiger partial charge in [0.1, 0.15) is 0 Å². The minimum atomic E-state index is -0.863. The Morgan fingerprint density at radius 2 is 0.592 bits per heavy atom. The van der Waals surface area contributed by atoms with E-state index in [0.717, 1.165) is 44.9 Å². The molecule has 0 bridgehead atoms. The van der Waals surface area contributed by atoms with Gasteiger partial charge < -0.3 is 15.5 Å². The summed E-state index contributed by atoms with van der Waals surface area (Å²) < 4.78 is 0. The van der Waals surface area contributed by atoms with Crippen LogP contribution in [0, 0.1) is 0 Å². The molecule has 0 aromatic carbocycles. The van der Waals surface area contributed by atoms with Crippen LogP contribution in [0.2, 0.25) is 0 Å². The van der Waals surface area contributed by atoms with Crippen molar-refractivity contribution in [2.75, 3.05) is 6.61 Å². The Labute approximate surface area is 445 Å². The molecule has 0 aromatic rings. The third kappa shape index (κ3) is 58.8. The summed E-state index contributed by atoms with van der Waals surface area (Å²) in [5.41, 5.74) is 0. The number of carbonyl (C=O) groups is 1. The van der Waals surface area contributed by atoms with Gasteiger partial charge in [-0.15, -0.1) is 0 Å². The third-order valence-corrected chi connectivity index (χ3v) is 14.7. The summed E-state index contributed by atoms with van der Waals surface area (Å²) in [6.07, 6.45) is 88.6. The van der Waals surface area contributed by atoms with Crippen molar-refractivity contribution >= 4 is 5.91 Å². The highest BCUT2D eigenvalue weighted by atomic mass is 16.3.